The van der Waals surface area contributed by atoms with Gasteiger partial charge in [-0.3, -0.25) is 4.98 Å². The molecule has 1 fully saturated rings. The Hall–Kier alpha value is -2.75. The maximum atomic E-state index is 6.19. The van der Waals surface area contributed by atoms with Crippen LogP contribution in [0.3, 0.4) is 0 Å². The quantitative estimate of drug-likeness (QED) is 0.646. The van der Waals surface area contributed by atoms with E-state index in [2.05, 4.69) is 66.1 Å². The van der Waals surface area contributed by atoms with Gasteiger partial charge in [0.1, 0.15) is 5.82 Å². The topological polar surface area (TPSA) is 47.9 Å². The van der Waals surface area contributed by atoms with Crippen molar-refractivity contribution in [3.8, 4) is 17.0 Å². The molecule has 1 saturated carbocycles. The largest absolute Gasteiger partial charge is 0.477 e. The third-order valence-corrected chi connectivity index (χ3v) is 5.23. The molecule has 4 heteroatoms. The van der Waals surface area contributed by atoms with Crippen LogP contribution in [0.15, 0.2) is 42.7 Å². The Morgan fingerprint density at radius 3 is 2.52 bits per heavy atom. The number of aromatic nitrogens is 3. The molecule has 0 aliphatic heterocycles. The zero-order chi connectivity index (χ0) is 19.0. The van der Waals surface area contributed by atoms with E-state index in [-0.39, 0.29) is 0 Å². The Morgan fingerprint density at radius 1 is 0.926 bits per heavy atom. The summed E-state index contributed by atoms with van der Waals surface area (Å²) in [6.45, 7) is 8.83. The lowest BCUT2D eigenvalue weighted by Crippen LogP contribution is -2.06. The van der Waals surface area contributed by atoms with Crippen molar-refractivity contribution < 1.29 is 4.74 Å². The maximum Gasteiger partial charge on any atom is 0.224 e. The second-order valence-electron chi connectivity index (χ2n) is 7.63. The van der Waals surface area contributed by atoms with Crippen molar-refractivity contribution in [2.75, 3.05) is 6.61 Å². The van der Waals surface area contributed by atoms with Crippen LogP contribution in [0, 0.1) is 33.6 Å². The van der Waals surface area contributed by atoms with E-state index < -0.39 is 0 Å². The smallest absolute Gasteiger partial charge is 0.224 e. The van der Waals surface area contributed by atoms with Crippen LogP contribution in [-0.4, -0.2) is 21.6 Å². The molecule has 4 nitrogen and oxygen atoms in total. The Labute approximate surface area is 160 Å². The SMILES string of the molecule is Cc1ccc(C2CC2COc2nc(C)ncc2-c2cc(C)ccc2C)nc1. The van der Waals surface area contributed by atoms with Gasteiger partial charge in [0.2, 0.25) is 5.88 Å². The molecule has 2 atom stereocenters. The van der Waals surface area contributed by atoms with E-state index in [0.29, 0.717) is 24.3 Å². The second-order valence-corrected chi connectivity index (χ2v) is 7.63. The van der Waals surface area contributed by atoms with Gasteiger partial charge in [-0.1, -0.05) is 29.8 Å². The molecule has 4 rings (SSSR count). The molecule has 2 heterocycles. The molecule has 27 heavy (non-hydrogen) atoms. The zero-order valence-electron chi connectivity index (χ0n) is 16.4. The van der Waals surface area contributed by atoms with E-state index in [1.165, 1.54) is 22.4 Å². The fraction of sp³-hybridized carbons (Fsp3) is 0.348. The monoisotopic (exact) mass is 359 g/mol. The third-order valence-electron chi connectivity index (χ3n) is 5.23. The number of ether oxygens (including phenoxy) is 1. The van der Waals surface area contributed by atoms with Crippen molar-refractivity contribution in [2.24, 2.45) is 5.92 Å². The summed E-state index contributed by atoms with van der Waals surface area (Å²) in [7, 11) is 0. The minimum atomic E-state index is 0.498. The molecule has 1 aliphatic carbocycles. The fourth-order valence-corrected chi connectivity index (χ4v) is 3.45. The van der Waals surface area contributed by atoms with Crippen molar-refractivity contribution in [1.29, 1.82) is 0 Å². The van der Waals surface area contributed by atoms with Crippen LogP contribution >= 0.6 is 0 Å². The normalized spacial score (nSPS) is 18.4. The highest BCUT2D eigenvalue weighted by Crippen LogP contribution is 2.47. The summed E-state index contributed by atoms with van der Waals surface area (Å²) in [5.74, 6) is 2.41. The number of hydrogen-bond donors (Lipinski definition) is 0. The van der Waals surface area contributed by atoms with Crippen LogP contribution in [0.4, 0.5) is 0 Å². The predicted molar refractivity (Wildman–Crippen MR) is 107 cm³/mol. The highest BCUT2D eigenvalue weighted by molar-refractivity contribution is 5.71. The molecule has 1 aliphatic rings. The first kappa shape index (κ1) is 17.7. The standard InChI is InChI=1S/C23H25N3O/c1-14-5-7-16(3)19(9-14)21-12-24-17(4)26-23(21)27-13-18-10-20(18)22-8-6-15(2)11-25-22/h5-9,11-12,18,20H,10,13H2,1-4H3. The van der Waals surface area contributed by atoms with E-state index in [1.54, 1.807) is 0 Å². The summed E-state index contributed by atoms with van der Waals surface area (Å²) < 4.78 is 6.19. The molecule has 0 spiro atoms. The van der Waals surface area contributed by atoms with Crippen LogP contribution in [0.1, 0.15) is 40.5 Å². The predicted octanol–water partition coefficient (Wildman–Crippen LogP) is 4.95. The van der Waals surface area contributed by atoms with Crippen LogP contribution < -0.4 is 4.74 Å². The van der Waals surface area contributed by atoms with E-state index in [4.69, 9.17) is 4.74 Å². The molecule has 0 N–H and O–H groups in total. The van der Waals surface area contributed by atoms with Gasteiger partial charge in [0.25, 0.3) is 0 Å². The van der Waals surface area contributed by atoms with Gasteiger partial charge in [-0.05, 0) is 56.9 Å². The van der Waals surface area contributed by atoms with Crippen LogP contribution in [0.25, 0.3) is 11.1 Å². The maximum absolute atomic E-state index is 6.19. The third kappa shape index (κ3) is 3.85. The average Bonchev–Trinajstić information content (AvgIpc) is 3.43. The lowest BCUT2D eigenvalue weighted by atomic mass is 10.0. The number of aryl methyl sites for hydroxylation is 4. The Balaban J connectivity index is 1.52. The number of benzene rings is 1. The highest BCUT2D eigenvalue weighted by atomic mass is 16.5. The fourth-order valence-electron chi connectivity index (χ4n) is 3.45. The second kappa shape index (κ2) is 7.10. The first-order valence-electron chi connectivity index (χ1n) is 9.48. The lowest BCUT2D eigenvalue weighted by molar-refractivity contribution is 0.285. The summed E-state index contributed by atoms with van der Waals surface area (Å²) in [6, 6.07) is 10.7. The highest BCUT2D eigenvalue weighted by Gasteiger charge is 2.40. The van der Waals surface area contributed by atoms with Crippen LogP contribution in [0.2, 0.25) is 0 Å². The molecule has 0 saturated heterocycles. The Morgan fingerprint density at radius 2 is 1.74 bits per heavy atom. The minimum absolute atomic E-state index is 0.498. The van der Waals surface area contributed by atoms with Crippen LogP contribution in [0.5, 0.6) is 5.88 Å². The number of rotatable bonds is 5. The molecule has 2 unspecified atom stereocenters. The van der Waals surface area contributed by atoms with Gasteiger partial charge in [-0.25, -0.2) is 4.98 Å². The summed E-state index contributed by atoms with van der Waals surface area (Å²) in [4.78, 5) is 13.5. The Kier molecular flexibility index (Phi) is 4.65. The van der Waals surface area contributed by atoms with Gasteiger partial charge < -0.3 is 4.74 Å². The molecule has 0 amide bonds. The van der Waals surface area contributed by atoms with Gasteiger partial charge in [0.05, 0.1) is 12.2 Å². The van der Waals surface area contributed by atoms with Gasteiger partial charge in [0.15, 0.2) is 0 Å². The van der Waals surface area contributed by atoms with Gasteiger partial charge in [0, 0.05) is 29.9 Å². The Bertz CT molecular complexity index is 966. The lowest BCUT2D eigenvalue weighted by Gasteiger charge is -2.13. The molecule has 1 aromatic carbocycles. The first-order chi connectivity index (χ1) is 13.0. The molecule has 138 valence electrons. The minimum Gasteiger partial charge on any atom is -0.477 e. The number of hydrogen-bond acceptors (Lipinski definition) is 4. The molecular weight excluding hydrogens is 334 g/mol. The van der Waals surface area contributed by atoms with Gasteiger partial charge in [-0.15, -0.1) is 0 Å². The first-order valence-corrected chi connectivity index (χ1v) is 9.48. The van der Waals surface area contributed by atoms with E-state index in [0.717, 1.165) is 23.4 Å². The van der Waals surface area contributed by atoms with Crippen molar-refractivity contribution >= 4 is 0 Å². The van der Waals surface area contributed by atoms with Crippen molar-refractivity contribution in [1.82, 2.24) is 15.0 Å². The van der Waals surface area contributed by atoms with Gasteiger partial charge >= 0.3 is 0 Å². The van der Waals surface area contributed by atoms with E-state index >= 15 is 0 Å². The molecule has 0 bridgehead atoms. The summed E-state index contributed by atoms with van der Waals surface area (Å²) in [6.07, 6.45) is 4.95. The van der Waals surface area contributed by atoms with Gasteiger partial charge in [-0.2, -0.15) is 4.98 Å². The van der Waals surface area contributed by atoms with Crippen molar-refractivity contribution in [3.63, 3.8) is 0 Å². The molecular formula is C23H25N3O. The molecule has 2 aromatic heterocycles. The van der Waals surface area contributed by atoms with E-state index in [1.807, 2.05) is 19.3 Å². The summed E-state index contributed by atoms with van der Waals surface area (Å²) in [5.41, 5.74) is 6.88. The summed E-state index contributed by atoms with van der Waals surface area (Å²) >= 11 is 0. The average molecular weight is 359 g/mol. The number of nitrogens with zero attached hydrogens (tertiary/aromatic N) is 3. The zero-order valence-corrected chi connectivity index (χ0v) is 16.4. The molecule has 0 radical (unpaired) electrons. The van der Waals surface area contributed by atoms with Crippen LogP contribution in [-0.2, 0) is 0 Å². The van der Waals surface area contributed by atoms with Crippen molar-refractivity contribution in [2.45, 2.75) is 40.0 Å². The van der Waals surface area contributed by atoms with E-state index in [9.17, 15) is 0 Å². The molecule has 3 aromatic rings. The van der Waals surface area contributed by atoms with Crippen molar-refractivity contribution in [3.05, 3.63) is 70.9 Å². The summed E-state index contributed by atoms with van der Waals surface area (Å²) in [5, 5.41) is 0. The number of pyridine rings is 1.